The van der Waals surface area contributed by atoms with Crippen molar-refractivity contribution in [3.05, 3.63) is 63.9 Å². The number of carbonyl (C=O) groups is 1. The summed E-state index contributed by atoms with van der Waals surface area (Å²) in [5, 5.41) is 0.682. The number of hydrogen-bond acceptors (Lipinski definition) is 3. The van der Waals surface area contributed by atoms with Gasteiger partial charge in [-0.2, -0.15) is 4.99 Å². The number of halogens is 1. The van der Waals surface area contributed by atoms with E-state index in [4.69, 9.17) is 16.3 Å². The Labute approximate surface area is 168 Å². The van der Waals surface area contributed by atoms with E-state index in [0.29, 0.717) is 36.0 Å². The van der Waals surface area contributed by atoms with Crippen molar-refractivity contribution in [2.45, 2.75) is 32.7 Å². The molecule has 27 heavy (non-hydrogen) atoms. The molecule has 0 radical (unpaired) electrons. The average Bonchev–Trinajstić information content (AvgIpc) is 2.99. The maximum atomic E-state index is 12.4. The number of carbonyl (C=O) groups excluding carboxylic acids is 1. The molecule has 0 saturated carbocycles. The number of thiazole rings is 1. The molecule has 0 unspecified atom stereocenters. The number of nitrogens with zero attached hydrogens (tertiary/aromatic N) is 2. The van der Waals surface area contributed by atoms with Crippen LogP contribution in [0.4, 0.5) is 0 Å². The van der Waals surface area contributed by atoms with E-state index in [1.807, 2.05) is 47.9 Å². The third-order valence-corrected chi connectivity index (χ3v) is 5.50. The molecule has 1 aromatic heterocycles. The molecule has 142 valence electrons. The summed E-state index contributed by atoms with van der Waals surface area (Å²) in [6.07, 6.45) is 2.12. The first-order valence-electron chi connectivity index (χ1n) is 9.15. The molecule has 3 aromatic rings. The van der Waals surface area contributed by atoms with Crippen LogP contribution in [0.15, 0.2) is 53.5 Å². The van der Waals surface area contributed by atoms with Crippen LogP contribution in [0.1, 0.15) is 25.3 Å². The van der Waals surface area contributed by atoms with E-state index in [9.17, 15) is 4.79 Å². The smallest absolute Gasteiger partial charge is 0.248 e. The van der Waals surface area contributed by atoms with Gasteiger partial charge in [-0.3, -0.25) is 4.79 Å². The molecular formula is C21H23ClN2O2S. The van der Waals surface area contributed by atoms with E-state index in [1.165, 1.54) is 16.9 Å². The zero-order chi connectivity index (χ0) is 19.1. The molecule has 1 amide bonds. The molecular weight excluding hydrogens is 380 g/mol. The van der Waals surface area contributed by atoms with Gasteiger partial charge in [-0.05, 0) is 43.5 Å². The Morgan fingerprint density at radius 2 is 2.04 bits per heavy atom. The fraction of sp³-hybridized carbons (Fsp3) is 0.333. The predicted octanol–water partition coefficient (Wildman–Crippen LogP) is 4.84. The quantitative estimate of drug-likeness (QED) is 0.506. The second-order valence-electron chi connectivity index (χ2n) is 6.19. The van der Waals surface area contributed by atoms with Crippen LogP contribution in [0.3, 0.4) is 0 Å². The highest BCUT2D eigenvalue weighted by molar-refractivity contribution is 7.16. The number of hydrogen-bond donors (Lipinski definition) is 0. The molecule has 0 bridgehead atoms. The van der Waals surface area contributed by atoms with Gasteiger partial charge in [0.15, 0.2) is 4.80 Å². The van der Waals surface area contributed by atoms with Gasteiger partial charge in [-0.15, -0.1) is 0 Å². The highest BCUT2D eigenvalue weighted by Gasteiger charge is 2.09. The molecule has 0 aliphatic heterocycles. The Kier molecular flexibility index (Phi) is 7.21. The Morgan fingerprint density at radius 3 is 2.81 bits per heavy atom. The maximum absolute atomic E-state index is 12.4. The molecule has 1 heterocycles. The van der Waals surface area contributed by atoms with Crippen molar-refractivity contribution in [3.63, 3.8) is 0 Å². The van der Waals surface area contributed by atoms with E-state index in [1.54, 1.807) is 0 Å². The molecule has 0 spiro atoms. The van der Waals surface area contributed by atoms with E-state index < -0.39 is 0 Å². The number of aromatic nitrogens is 1. The lowest BCUT2D eigenvalue weighted by molar-refractivity contribution is -0.118. The zero-order valence-electron chi connectivity index (χ0n) is 15.4. The Morgan fingerprint density at radius 1 is 1.22 bits per heavy atom. The summed E-state index contributed by atoms with van der Waals surface area (Å²) in [6.45, 7) is 3.88. The van der Waals surface area contributed by atoms with Crippen LogP contribution in [0.2, 0.25) is 5.02 Å². The van der Waals surface area contributed by atoms with E-state index in [-0.39, 0.29) is 5.91 Å². The van der Waals surface area contributed by atoms with Crippen molar-refractivity contribution in [2.75, 3.05) is 13.2 Å². The van der Waals surface area contributed by atoms with Crippen molar-refractivity contribution in [1.82, 2.24) is 4.57 Å². The van der Waals surface area contributed by atoms with E-state index in [2.05, 4.69) is 17.1 Å². The Bertz CT molecular complexity index is 963. The van der Waals surface area contributed by atoms with Crippen molar-refractivity contribution >= 4 is 39.1 Å². The standard InChI is InChI=1S/C21H23ClN2O2S/c1-2-26-14-13-24-18-12-11-17(22)15-19(18)27-21(24)23-20(25)10-6-9-16-7-4-3-5-8-16/h3-5,7-8,11-12,15H,2,6,9-10,13-14H2,1H3. The monoisotopic (exact) mass is 402 g/mol. The predicted molar refractivity (Wildman–Crippen MR) is 111 cm³/mol. The molecule has 0 aliphatic rings. The molecule has 0 N–H and O–H groups in total. The first kappa shape index (κ1) is 19.8. The minimum Gasteiger partial charge on any atom is -0.380 e. The second-order valence-corrected chi connectivity index (χ2v) is 7.64. The normalized spacial score (nSPS) is 12.0. The Balaban J connectivity index is 1.76. The molecule has 0 aliphatic carbocycles. The largest absolute Gasteiger partial charge is 0.380 e. The summed E-state index contributed by atoms with van der Waals surface area (Å²) in [5.41, 5.74) is 2.27. The maximum Gasteiger partial charge on any atom is 0.248 e. The van der Waals surface area contributed by atoms with Crippen molar-refractivity contribution < 1.29 is 9.53 Å². The van der Waals surface area contributed by atoms with Crippen LogP contribution in [0.5, 0.6) is 0 Å². The van der Waals surface area contributed by atoms with Crippen LogP contribution in [-0.2, 0) is 22.5 Å². The van der Waals surface area contributed by atoms with Gasteiger partial charge in [-0.1, -0.05) is 53.3 Å². The third kappa shape index (κ3) is 5.51. The Hall–Kier alpha value is -1.95. The number of rotatable bonds is 8. The molecule has 0 fully saturated rings. The van der Waals surface area contributed by atoms with Crippen LogP contribution in [-0.4, -0.2) is 23.7 Å². The van der Waals surface area contributed by atoms with Crippen LogP contribution < -0.4 is 4.80 Å². The van der Waals surface area contributed by atoms with Crippen LogP contribution in [0.25, 0.3) is 10.2 Å². The molecule has 3 rings (SSSR count). The topological polar surface area (TPSA) is 43.6 Å². The first-order valence-corrected chi connectivity index (χ1v) is 10.3. The highest BCUT2D eigenvalue weighted by atomic mass is 35.5. The van der Waals surface area contributed by atoms with Gasteiger partial charge in [-0.25, -0.2) is 0 Å². The summed E-state index contributed by atoms with van der Waals surface area (Å²) in [7, 11) is 0. The summed E-state index contributed by atoms with van der Waals surface area (Å²) in [4.78, 5) is 17.5. The van der Waals surface area contributed by atoms with Gasteiger partial charge in [0.1, 0.15) is 0 Å². The van der Waals surface area contributed by atoms with E-state index in [0.717, 1.165) is 23.1 Å². The van der Waals surface area contributed by atoms with Gasteiger partial charge in [0.2, 0.25) is 5.91 Å². The third-order valence-electron chi connectivity index (χ3n) is 4.23. The summed E-state index contributed by atoms with van der Waals surface area (Å²) < 4.78 is 8.55. The summed E-state index contributed by atoms with van der Waals surface area (Å²) in [5.74, 6) is -0.0891. The lowest BCUT2D eigenvalue weighted by Gasteiger charge is -2.05. The first-order chi connectivity index (χ1) is 13.2. The minimum absolute atomic E-state index is 0.0891. The minimum atomic E-state index is -0.0891. The van der Waals surface area contributed by atoms with Gasteiger partial charge in [0.25, 0.3) is 0 Å². The van der Waals surface area contributed by atoms with Gasteiger partial charge >= 0.3 is 0 Å². The lowest BCUT2D eigenvalue weighted by atomic mass is 10.1. The number of benzene rings is 2. The van der Waals surface area contributed by atoms with Gasteiger partial charge in [0.05, 0.1) is 16.8 Å². The molecule has 2 aromatic carbocycles. The van der Waals surface area contributed by atoms with Gasteiger partial charge < -0.3 is 9.30 Å². The SMILES string of the molecule is CCOCCn1c(=NC(=O)CCCc2ccccc2)sc2cc(Cl)ccc21. The zero-order valence-corrected chi connectivity index (χ0v) is 16.9. The second kappa shape index (κ2) is 9.83. The van der Waals surface area contributed by atoms with Crippen molar-refractivity contribution in [3.8, 4) is 0 Å². The number of amides is 1. The molecule has 0 atom stereocenters. The lowest BCUT2D eigenvalue weighted by Crippen LogP contribution is -2.19. The molecule has 4 nitrogen and oxygen atoms in total. The molecule has 6 heteroatoms. The number of fused-ring (bicyclic) bond motifs is 1. The summed E-state index contributed by atoms with van der Waals surface area (Å²) >= 11 is 7.60. The van der Waals surface area contributed by atoms with Crippen LogP contribution in [0, 0.1) is 0 Å². The van der Waals surface area contributed by atoms with Gasteiger partial charge in [0, 0.05) is 24.6 Å². The highest BCUT2D eigenvalue weighted by Crippen LogP contribution is 2.22. The summed E-state index contributed by atoms with van der Waals surface area (Å²) in [6, 6.07) is 15.9. The fourth-order valence-corrected chi connectivity index (χ4v) is 4.25. The average molecular weight is 403 g/mol. The van der Waals surface area contributed by atoms with Crippen LogP contribution >= 0.6 is 22.9 Å². The number of ether oxygens (including phenoxy) is 1. The molecule has 0 saturated heterocycles. The fourth-order valence-electron chi connectivity index (χ4n) is 2.90. The number of aryl methyl sites for hydroxylation is 1. The van der Waals surface area contributed by atoms with E-state index >= 15 is 0 Å². The van der Waals surface area contributed by atoms with Crippen molar-refractivity contribution in [2.24, 2.45) is 4.99 Å². The van der Waals surface area contributed by atoms with Crippen molar-refractivity contribution in [1.29, 1.82) is 0 Å².